The van der Waals surface area contributed by atoms with E-state index >= 15 is 0 Å². The maximum Gasteiger partial charge on any atom is 0.160 e. The van der Waals surface area contributed by atoms with Crippen LogP contribution in [-0.4, -0.2) is 27.3 Å². The lowest BCUT2D eigenvalue weighted by atomic mass is 9.88. The lowest BCUT2D eigenvalue weighted by Crippen LogP contribution is -2.84. The summed E-state index contributed by atoms with van der Waals surface area (Å²) in [4.78, 5) is 0. The van der Waals surface area contributed by atoms with Gasteiger partial charge in [-0.05, 0) is 28.8 Å². The van der Waals surface area contributed by atoms with Gasteiger partial charge in [0.15, 0.2) is 11.5 Å². The molecule has 3 heteroatoms. The van der Waals surface area contributed by atoms with E-state index in [1.807, 2.05) is 6.07 Å². The van der Waals surface area contributed by atoms with Crippen LogP contribution < -0.4 is 14.8 Å². The topological polar surface area (TPSA) is 35.1 Å². The van der Waals surface area contributed by atoms with Gasteiger partial charge in [0.05, 0.1) is 27.3 Å². The van der Waals surface area contributed by atoms with Crippen molar-refractivity contribution in [3.8, 4) is 11.5 Å². The van der Waals surface area contributed by atoms with Crippen molar-refractivity contribution in [3.63, 3.8) is 0 Å². The fourth-order valence-corrected chi connectivity index (χ4v) is 3.63. The minimum absolute atomic E-state index is 0.444. The molecule has 0 amide bonds. The standard InChI is InChI=1S/C25H29NO2/c1-27-24-14-13-20(19-25(24)28-2)15-17-26-18-16-23(21-9-5-3-6-10-21)22-11-7-4-8-12-22/h3-14,19,23,26H,15-18H2,1-2H3/p+1. The van der Waals surface area contributed by atoms with Crippen LogP contribution in [0.5, 0.6) is 11.5 Å². The first-order valence-corrected chi connectivity index (χ1v) is 9.94. The van der Waals surface area contributed by atoms with Crippen molar-refractivity contribution in [1.82, 2.24) is 0 Å². The predicted octanol–water partition coefficient (Wildman–Crippen LogP) is 4.03. The number of methoxy groups -OCH3 is 2. The highest BCUT2D eigenvalue weighted by molar-refractivity contribution is 5.42. The van der Waals surface area contributed by atoms with Crippen LogP contribution in [0.15, 0.2) is 78.9 Å². The molecule has 3 nitrogen and oxygen atoms in total. The summed E-state index contributed by atoms with van der Waals surface area (Å²) in [5, 5.41) is 2.41. The Bertz CT molecular complexity index is 794. The van der Waals surface area contributed by atoms with E-state index in [2.05, 4.69) is 78.1 Å². The minimum Gasteiger partial charge on any atom is -0.493 e. The van der Waals surface area contributed by atoms with Gasteiger partial charge >= 0.3 is 0 Å². The van der Waals surface area contributed by atoms with Crippen molar-refractivity contribution in [2.75, 3.05) is 27.3 Å². The van der Waals surface area contributed by atoms with Gasteiger partial charge in [-0.25, -0.2) is 0 Å². The Labute approximate surface area is 168 Å². The molecule has 0 fully saturated rings. The molecule has 2 N–H and O–H groups in total. The van der Waals surface area contributed by atoms with Crippen molar-refractivity contribution >= 4 is 0 Å². The minimum atomic E-state index is 0.444. The smallest absolute Gasteiger partial charge is 0.160 e. The molecule has 0 aliphatic carbocycles. The Morgan fingerprint density at radius 2 is 1.32 bits per heavy atom. The van der Waals surface area contributed by atoms with Gasteiger partial charge < -0.3 is 14.8 Å². The average molecular weight is 377 g/mol. The fraction of sp³-hybridized carbons (Fsp3) is 0.280. The molecule has 0 saturated carbocycles. The predicted molar refractivity (Wildman–Crippen MR) is 114 cm³/mol. The van der Waals surface area contributed by atoms with Gasteiger partial charge in [0.25, 0.3) is 0 Å². The maximum atomic E-state index is 5.40. The van der Waals surface area contributed by atoms with Gasteiger partial charge in [0, 0.05) is 18.8 Å². The fourth-order valence-electron chi connectivity index (χ4n) is 3.63. The second kappa shape index (κ2) is 10.5. The quantitative estimate of drug-likeness (QED) is 0.542. The first-order chi connectivity index (χ1) is 13.8. The third-order valence-corrected chi connectivity index (χ3v) is 5.15. The second-order valence-corrected chi connectivity index (χ2v) is 6.97. The molecule has 0 atom stereocenters. The number of benzene rings is 3. The third kappa shape index (κ3) is 5.37. The Hall–Kier alpha value is -2.78. The molecule has 0 spiro atoms. The molecule has 0 saturated heterocycles. The van der Waals surface area contributed by atoms with Crippen molar-refractivity contribution in [2.45, 2.75) is 18.8 Å². The molecule has 0 heterocycles. The Morgan fingerprint density at radius 3 is 1.89 bits per heavy atom. The summed E-state index contributed by atoms with van der Waals surface area (Å²) in [6, 6.07) is 27.8. The molecule has 0 bridgehead atoms. The number of hydrogen-bond acceptors (Lipinski definition) is 2. The van der Waals surface area contributed by atoms with E-state index in [1.165, 1.54) is 16.7 Å². The highest BCUT2D eigenvalue weighted by Crippen LogP contribution is 2.28. The largest absolute Gasteiger partial charge is 0.493 e. The SMILES string of the molecule is COc1ccc(CC[NH2+]CCC(c2ccccc2)c2ccccc2)cc1OC. The summed E-state index contributed by atoms with van der Waals surface area (Å²) < 4.78 is 10.7. The van der Waals surface area contributed by atoms with Crippen LogP contribution in [0.4, 0.5) is 0 Å². The molecule has 0 aliphatic rings. The van der Waals surface area contributed by atoms with Crippen molar-refractivity contribution in [2.24, 2.45) is 0 Å². The van der Waals surface area contributed by atoms with Crippen molar-refractivity contribution < 1.29 is 14.8 Å². The second-order valence-electron chi connectivity index (χ2n) is 6.97. The van der Waals surface area contributed by atoms with Gasteiger partial charge in [-0.3, -0.25) is 0 Å². The number of quaternary nitrogens is 1. The van der Waals surface area contributed by atoms with Crippen LogP contribution in [-0.2, 0) is 6.42 Å². The highest BCUT2D eigenvalue weighted by Gasteiger charge is 2.14. The highest BCUT2D eigenvalue weighted by atomic mass is 16.5. The number of nitrogens with two attached hydrogens (primary N) is 1. The van der Waals surface area contributed by atoms with Gasteiger partial charge in [-0.1, -0.05) is 66.7 Å². The van der Waals surface area contributed by atoms with Gasteiger partial charge in [0.1, 0.15) is 0 Å². The lowest BCUT2D eigenvalue weighted by Gasteiger charge is -2.17. The molecule has 0 radical (unpaired) electrons. The van der Waals surface area contributed by atoms with Crippen LogP contribution in [0.1, 0.15) is 29.0 Å². The van der Waals surface area contributed by atoms with E-state index in [0.717, 1.165) is 37.4 Å². The van der Waals surface area contributed by atoms with Gasteiger partial charge in [0.2, 0.25) is 0 Å². The molecular formula is C25H30NO2+. The van der Waals surface area contributed by atoms with E-state index in [-0.39, 0.29) is 0 Å². The van der Waals surface area contributed by atoms with Gasteiger partial charge in [-0.2, -0.15) is 0 Å². The zero-order chi connectivity index (χ0) is 19.6. The van der Waals surface area contributed by atoms with Crippen LogP contribution in [0.3, 0.4) is 0 Å². The van der Waals surface area contributed by atoms with E-state index in [4.69, 9.17) is 9.47 Å². The van der Waals surface area contributed by atoms with Crippen molar-refractivity contribution in [3.05, 3.63) is 95.6 Å². The number of hydrogen-bond donors (Lipinski definition) is 1. The monoisotopic (exact) mass is 376 g/mol. The molecule has 0 aliphatic heterocycles. The summed E-state index contributed by atoms with van der Waals surface area (Å²) >= 11 is 0. The first kappa shape index (κ1) is 20.0. The lowest BCUT2D eigenvalue weighted by molar-refractivity contribution is -0.654. The number of ether oxygens (including phenoxy) is 2. The average Bonchev–Trinajstić information content (AvgIpc) is 2.77. The van der Waals surface area contributed by atoms with Crippen LogP contribution in [0.25, 0.3) is 0 Å². The van der Waals surface area contributed by atoms with Crippen LogP contribution in [0.2, 0.25) is 0 Å². The molecule has 3 rings (SSSR count). The Kier molecular flexibility index (Phi) is 7.51. The van der Waals surface area contributed by atoms with E-state index < -0.39 is 0 Å². The summed E-state index contributed by atoms with van der Waals surface area (Å²) in [5.74, 6) is 2.02. The molecular weight excluding hydrogens is 346 g/mol. The van der Waals surface area contributed by atoms with Crippen LogP contribution in [0, 0.1) is 0 Å². The molecule has 0 unspecified atom stereocenters. The maximum absolute atomic E-state index is 5.40. The third-order valence-electron chi connectivity index (χ3n) is 5.15. The van der Waals surface area contributed by atoms with Gasteiger partial charge in [-0.15, -0.1) is 0 Å². The number of rotatable bonds is 10. The zero-order valence-electron chi connectivity index (χ0n) is 16.8. The molecule has 3 aromatic rings. The summed E-state index contributed by atoms with van der Waals surface area (Å²) in [5.41, 5.74) is 4.06. The van der Waals surface area contributed by atoms with E-state index in [0.29, 0.717) is 5.92 Å². The Morgan fingerprint density at radius 1 is 0.714 bits per heavy atom. The summed E-state index contributed by atoms with van der Waals surface area (Å²) in [7, 11) is 3.35. The Balaban J connectivity index is 1.54. The summed E-state index contributed by atoms with van der Waals surface area (Å²) in [6.07, 6.45) is 2.14. The molecule has 0 aromatic heterocycles. The summed E-state index contributed by atoms with van der Waals surface area (Å²) in [6.45, 7) is 2.16. The zero-order valence-corrected chi connectivity index (χ0v) is 16.8. The van der Waals surface area contributed by atoms with E-state index in [1.54, 1.807) is 14.2 Å². The molecule has 146 valence electrons. The molecule has 28 heavy (non-hydrogen) atoms. The van der Waals surface area contributed by atoms with Crippen LogP contribution >= 0.6 is 0 Å². The molecule has 3 aromatic carbocycles. The van der Waals surface area contributed by atoms with Crippen molar-refractivity contribution in [1.29, 1.82) is 0 Å². The normalized spacial score (nSPS) is 10.8. The van der Waals surface area contributed by atoms with E-state index in [9.17, 15) is 0 Å². The first-order valence-electron chi connectivity index (χ1n) is 9.94.